The standard InChI is InChI=1S/C13H15NO3/c15-9-2-3-11-10(8-9)12(16)17-13(11)4-1-6-14-7-5-13/h2-3,8,14-15H,1,4-7H2. The quantitative estimate of drug-likeness (QED) is 0.667. The van der Waals surface area contributed by atoms with Gasteiger partial charge in [-0.1, -0.05) is 6.07 Å². The highest BCUT2D eigenvalue weighted by atomic mass is 16.6. The summed E-state index contributed by atoms with van der Waals surface area (Å²) in [5, 5.41) is 12.8. The first-order chi connectivity index (χ1) is 8.21. The smallest absolute Gasteiger partial charge is 0.339 e. The summed E-state index contributed by atoms with van der Waals surface area (Å²) in [7, 11) is 0. The van der Waals surface area contributed by atoms with Crippen LogP contribution in [-0.4, -0.2) is 24.2 Å². The molecule has 2 heterocycles. The van der Waals surface area contributed by atoms with E-state index in [-0.39, 0.29) is 11.7 Å². The monoisotopic (exact) mass is 233 g/mol. The number of ether oxygens (including phenoxy) is 1. The molecule has 4 heteroatoms. The van der Waals surface area contributed by atoms with Crippen LogP contribution in [0.15, 0.2) is 18.2 Å². The molecule has 2 aliphatic heterocycles. The van der Waals surface area contributed by atoms with Gasteiger partial charge in [0.1, 0.15) is 11.4 Å². The predicted octanol–water partition coefficient (Wildman–Crippen LogP) is 1.53. The number of rotatable bonds is 0. The molecule has 1 fully saturated rings. The molecule has 0 bridgehead atoms. The van der Waals surface area contributed by atoms with E-state index in [4.69, 9.17) is 4.74 Å². The molecule has 17 heavy (non-hydrogen) atoms. The Kier molecular flexibility index (Phi) is 2.33. The van der Waals surface area contributed by atoms with Crippen LogP contribution in [0.25, 0.3) is 0 Å². The first-order valence-electron chi connectivity index (χ1n) is 5.99. The van der Waals surface area contributed by atoms with Gasteiger partial charge >= 0.3 is 5.97 Å². The minimum Gasteiger partial charge on any atom is -0.508 e. The fourth-order valence-electron chi connectivity index (χ4n) is 2.80. The number of fused-ring (bicyclic) bond motifs is 2. The number of hydrogen-bond acceptors (Lipinski definition) is 4. The molecule has 4 nitrogen and oxygen atoms in total. The number of benzene rings is 1. The second kappa shape index (κ2) is 3.74. The van der Waals surface area contributed by atoms with Gasteiger partial charge in [0, 0.05) is 12.0 Å². The minimum atomic E-state index is -0.469. The van der Waals surface area contributed by atoms with Crippen molar-refractivity contribution in [1.82, 2.24) is 5.32 Å². The Labute approximate surface area is 99.6 Å². The molecule has 0 aliphatic carbocycles. The molecule has 1 aromatic carbocycles. The number of phenolic OH excluding ortho intramolecular Hbond substituents is 1. The molecule has 1 unspecified atom stereocenters. The Hall–Kier alpha value is -1.55. The maximum Gasteiger partial charge on any atom is 0.339 e. The van der Waals surface area contributed by atoms with Crippen molar-refractivity contribution in [1.29, 1.82) is 0 Å². The zero-order valence-electron chi connectivity index (χ0n) is 9.53. The van der Waals surface area contributed by atoms with Crippen LogP contribution in [0.2, 0.25) is 0 Å². The molecular formula is C13H15NO3. The third-order valence-electron chi connectivity index (χ3n) is 3.64. The van der Waals surface area contributed by atoms with Gasteiger partial charge in [-0.2, -0.15) is 0 Å². The van der Waals surface area contributed by atoms with Gasteiger partial charge in [-0.25, -0.2) is 4.79 Å². The molecule has 1 spiro atoms. The molecule has 90 valence electrons. The summed E-state index contributed by atoms with van der Waals surface area (Å²) in [6, 6.07) is 4.95. The van der Waals surface area contributed by atoms with Gasteiger partial charge in [-0.3, -0.25) is 0 Å². The maximum absolute atomic E-state index is 11.8. The number of aromatic hydroxyl groups is 1. The first kappa shape index (κ1) is 10.6. The summed E-state index contributed by atoms with van der Waals surface area (Å²) in [6.45, 7) is 1.82. The fourth-order valence-corrected chi connectivity index (χ4v) is 2.80. The second-order valence-corrected chi connectivity index (χ2v) is 4.72. The summed E-state index contributed by atoms with van der Waals surface area (Å²) in [6.07, 6.45) is 2.65. The average molecular weight is 233 g/mol. The van der Waals surface area contributed by atoms with Crippen molar-refractivity contribution >= 4 is 5.97 Å². The van der Waals surface area contributed by atoms with Crippen LogP contribution in [0.4, 0.5) is 0 Å². The Morgan fingerprint density at radius 1 is 1.29 bits per heavy atom. The molecule has 2 aliphatic rings. The number of nitrogens with one attached hydrogen (secondary N) is 1. The van der Waals surface area contributed by atoms with Crippen molar-refractivity contribution in [3.05, 3.63) is 29.3 Å². The van der Waals surface area contributed by atoms with Gasteiger partial charge in [0.25, 0.3) is 0 Å². The van der Waals surface area contributed by atoms with E-state index in [0.29, 0.717) is 5.56 Å². The van der Waals surface area contributed by atoms with Crippen molar-refractivity contribution < 1.29 is 14.6 Å². The Balaban J connectivity index is 2.07. The van der Waals surface area contributed by atoms with Crippen LogP contribution >= 0.6 is 0 Å². The van der Waals surface area contributed by atoms with Gasteiger partial charge in [0.2, 0.25) is 0 Å². The van der Waals surface area contributed by atoms with Crippen LogP contribution in [-0.2, 0) is 10.3 Å². The molecule has 0 aromatic heterocycles. The van der Waals surface area contributed by atoms with E-state index in [1.165, 1.54) is 6.07 Å². The van der Waals surface area contributed by atoms with Crippen molar-refractivity contribution in [3.63, 3.8) is 0 Å². The molecule has 1 saturated heterocycles. The molecule has 3 rings (SSSR count). The van der Waals surface area contributed by atoms with E-state index in [2.05, 4.69) is 5.32 Å². The highest BCUT2D eigenvalue weighted by Gasteiger charge is 2.45. The molecule has 2 N–H and O–H groups in total. The summed E-state index contributed by atoms with van der Waals surface area (Å²) in [5.41, 5.74) is 0.986. The largest absolute Gasteiger partial charge is 0.508 e. The lowest BCUT2D eigenvalue weighted by Gasteiger charge is -2.26. The van der Waals surface area contributed by atoms with E-state index in [1.54, 1.807) is 6.07 Å². The van der Waals surface area contributed by atoms with E-state index in [1.807, 2.05) is 6.07 Å². The first-order valence-corrected chi connectivity index (χ1v) is 5.99. The summed E-state index contributed by atoms with van der Waals surface area (Å²) in [5.74, 6) is -0.192. The number of carbonyl (C=O) groups is 1. The third-order valence-corrected chi connectivity index (χ3v) is 3.64. The van der Waals surface area contributed by atoms with Crippen molar-refractivity contribution in [2.45, 2.75) is 24.9 Å². The fraction of sp³-hybridized carbons (Fsp3) is 0.462. The number of carbonyl (C=O) groups excluding carboxylic acids is 1. The Bertz CT molecular complexity index is 462. The number of hydrogen-bond donors (Lipinski definition) is 2. The average Bonchev–Trinajstić information content (AvgIpc) is 2.49. The maximum atomic E-state index is 11.8. The van der Waals surface area contributed by atoms with Gasteiger partial charge in [-0.15, -0.1) is 0 Å². The van der Waals surface area contributed by atoms with Crippen LogP contribution in [0, 0.1) is 0 Å². The summed E-state index contributed by atoms with van der Waals surface area (Å²) < 4.78 is 5.61. The van der Waals surface area contributed by atoms with Gasteiger partial charge in [0.15, 0.2) is 0 Å². The third kappa shape index (κ3) is 1.60. The van der Waals surface area contributed by atoms with Crippen molar-refractivity contribution in [3.8, 4) is 5.75 Å². The number of esters is 1. The summed E-state index contributed by atoms with van der Waals surface area (Å²) >= 11 is 0. The molecule has 1 atom stereocenters. The molecule has 0 saturated carbocycles. The Morgan fingerprint density at radius 2 is 2.18 bits per heavy atom. The van der Waals surface area contributed by atoms with Crippen LogP contribution in [0.3, 0.4) is 0 Å². The lowest BCUT2D eigenvalue weighted by atomic mass is 9.86. The topological polar surface area (TPSA) is 58.6 Å². The Morgan fingerprint density at radius 3 is 3.06 bits per heavy atom. The van der Waals surface area contributed by atoms with Gasteiger partial charge in [-0.05, 0) is 38.1 Å². The van der Waals surface area contributed by atoms with Crippen LogP contribution in [0.5, 0.6) is 5.75 Å². The van der Waals surface area contributed by atoms with Crippen LogP contribution in [0.1, 0.15) is 35.2 Å². The predicted molar refractivity (Wildman–Crippen MR) is 61.9 cm³/mol. The highest BCUT2D eigenvalue weighted by molar-refractivity contribution is 5.95. The molecular weight excluding hydrogens is 218 g/mol. The van der Waals surface area contributed by atoms with E-state index in [9.17, 15) is 9.90 Å². The normalized spacial score (nSPS) is 27.6. The SMILES string of the molecule is O=C1OC2(CCCNCC2)c2ccc(O)cc21. The lowest BCUT2D eigenvalue weighted by Crippen LogP contribution is -2.27. The zero-order chi connectivity index (χ0) is 11.9. The zero-order valence-corrected chi connectivity index (χ0v) is 9.53. The number of phenols is 1. The van der Waals surface area contributed by atoms with E-state index >= 15 is 0 Å². The van der Waals surface area contributed by atoms with Crippen molar-refractivity contribution in [2.24, 2.45) is 0 Å². The van der Waals surface area contributed by atoms with Gasteiger partial charge in [0.05, 0.1) is 5.56 Å². The van der Waals surface area contributed by atoms with E-state index < -0.39 is 5.60 Å². The van der Waals surface area contributed by atoms with Crippen molar-refractivity contribution in [2.75, 3.05) is 13.1 Å². The minimum absolute atomic E-state index is 0.115. The van der Waals surface area contributed by atoms with Crippen LogP contribution < -0.4 is 5.32 Å². The molecule has 0 amide bonds. The molecule has 1 aromatic rings. The van der Waals surface area contributed by atoms with Gasteiger partial charge < -0.3 is 15.2 Å². The highest BCUT2D eigenvalue weighted by Crippen LogP contribution is 2.44. The molecule has 0 radical (unpaired) electrons. The second-order valence-electron chi connectivity index (χ2n) is 4.72. The summed E-state index contributed by atoms with van der Waals surface area (Å²) in [4.78, 5) is 11.8. The lowest BCUT2D eigenvalue weighted by molar-refractivity contribution is -0.0147. The van der Waals surface area contributed by atoms with E-state index in [0.717, 1.165) is 37.9 Å².